The average molecular weight is 277 g/mol. The van der Waals surface area contributed by atoms with Gasteiger partial charge in [0.2, 0.25) is 6.41 Å². The lowest BCUT2D eigenvalue weighted by Crippen LogP contribution is -2.34. The van der Waals surface area contributed by atoms with Gasteiger partial charge < -0.3 is 26.1 Å². The number of nitrogens with one attached hydrogen (secondary N) is 1. The summed E-state index contributed by atoms with van der Waals surface area (Å²) in [6.45, 7) is 1.92. The van der Waals surface area contributed by atoms with Crippen LogP contribution >= 0.6 is 0 Å². The van der Waals surface area contributed by atoms with Gasteiger partial charge in [0, 0.05) is 6.54 Å². The van der Waals surface area contributed by atoms with Crippen molar-refractivity contribution in [2.75, 3.05) is 26.2 Å². The lowest BCUT2D eigenvalue weighted by molar-refractivity contribution is -0.141. The first-order valence-corrected chi connectivity index (χ1v) is 5.41. The van der Waals surface area contributed by atoms with Gasteiger partial charge in [-0.3, -0.25) is 19.3 Å². The van der Waals surface area contributed by atoms with Crippen molar-refractivity contribution in [2.24, 2.45) is 5.73 Å². The summed E-state index contributed by atoms with van der Waals surface area (Å²) in [5.74, 6) is -2.01. The fraction of sp³-hybridized carbons (Fsp3) is 0.600. The number of carbonyl (C=O) groups excluding carboxylic acids is 2. The first-order valence-electron chi connectivity index (χ1n) is 5.41. The van der Waals surface area contributed by atoms with Gasteiger partial charge in [0.15, 0.2) is 0 Å². The van der Waals surface area contributed by atoms with Crippen LogP contribution in [0.1, 0.15) is 6.92 Å². The molecule has 0 radical (unpaired) electrons. The molecule has 0 fully saturated rings. The van der Waals surface area contributed by atoms with Crippen LogP contribution in [0.2, 0.25) is 0 Å². The third kappa shape index (κ3) is 16.0. The van der Waals surface area contributed by atoms with Crippen molar-refractivity contribution < 1.29 is 29.4 Å². The Bertz CT molecular complexity index is 281. The van der Waals surface area contributed by atoms with Crippen LogP contribution in [0.25, 0.3) is 0 Å². The highest BCUT2D eigenvalue weighted by Crippen LogP contribution is 1.86. The fourth-order valence-corrected chi connectivity index (χ4v) is 0.894. The molecular formula is C10H19N3O6. The maximum absolute atomic E-state index is 10.1. The topological polar surface area (TPSA) is 150 Å². The molecule has 1 atom stereocenters. The first kappa shape index (κ1) is 19.3. The van der Waals surface area contributed by atoms with Gasteiger partial charge in [-0.15, -0.1) is 0 Å². The molecule has 5 N–H and O–H groups in total. The van der Waals surface area contributed by atoms with E-state index in [4.69, 9.17) is 15.9 Å². The molecule has 0 aliphatic heterocycles. The zero-order valence-electron chi connectivity index (χ0n) is 10.6. The van der Waals surface area contributed by atoms with E-state index in [1.54, 1.807) is 6.92 Å². The van der Waals surface area contributed by atoms with Crippen LogP contribution in [0.15, 0.2) is 0 Å². The van der Waals surface area contributed by atoms with Gasteiger partial charge in [-0.1, -0.05) is 6.92 Å². The zero-order valence-corrected chi connectivity index (χ0v) is 10.6. The molecular weight excluding hydrogens is 258 g/mol. The van der Waals surface area contributed by atoms with Crippen LogP contribution in [0, 0.1) is 0 Å². The highest BCUT2D eigenvalue weighted by Gasteiger charge is 2.10. The number of aldehydes is 1. The molecule has 0 saturated heterocycles. The number of carboxylic acid groups (broad SMARTS) is 2. The second-order valence-electron chi connectivity index (χ2n) is 3.42. The molecule has 0 spiro atoms. The molecule has 0 aromatic heterocycles. The van der Waals surface area contributed by atoms with Crippen molar-refractivity contribution in [1.29, 1.82) is 0 Å². The number of aliphatic carboxylic acids is 2. The van der Waals surface area contributed by atoms with Crippen LogP contribution in [-0.4, -0.2) is 72.0 Å². The van der Waals surface area contributed by atoms with Crippen LogP contribution in [0.5, 0.6) is 0 Å². The Morgan fingerprint density at radius 2 is 1.74 bits per heavy atom. The number of nitrogens with zero attached hydrogens (tertiary/aromatic N) is 1. The van der Waals surface area contributed by atoms with Gasteiger partial charge in [-0.2, -0.15) is 0 Å². The minimum absolute atomic E-state index is 0.215. The van der Waals surface area contributed by atoms with Gasteiger partial charge in [-0.25, -0.2) is 0 Å². The van der Waals surface area contributed by atoms with Gasteiger partial charge in [0.1, 0.15) is 6.29 Å². The second kappa shape index (κ2) is 12.5. The summed E-state index contributed by atoms with van der Waals surface area (Å²) < 4.78 is 0. The maximum Gasteiger partial charge on any atom is 0.317 e. The second-order valence-corrected chi connectivity index (χ2v) is 3.42. The summed E-state index contributed by atoms with van der Waals surface area (Å²) >= 11 is 0. The van der Waals surface area contributed by atoms with E-state index >= 15 is 0 Å². The highest BCUT2D eigenvalue weighted by molar-refractivity contribution is 5.72. The molecule has 1 unspecified atom stereocenters. The third-order valence-corrected chi connectivity index (χ3v) is 1.78. The Hall–Kier alpha value is -2.00. The Labute approximate surface area is 110 Å². The third-order valence-electron chi connectivity index (χ3n) is 1.78. The summed E-state index contributed by atoms with van der Waals surface area (Å²) in [7, 11) is 0. The van der Waals surface area contributed by atoms with Crippen molar-refractivity contribution in [3.63, 3.8) is 0 Å². The molecule has 0 bridgehead atoms. The normalized spacial score (nSPS) is 10.9. The minimum atomic E-state index is -1.01. The van der Waals surface area contributed by atoms with E-state index in [-0.39, 0.29) is 19.6 Å². The molecule has 19 heavy (non-hydrogen) atoms. The number of carbonyl (C=O) groups is 4. The van der Waals surface area contributed by atoms with E-state index in [1.807, 2.05) is 0 Å². The quantitative estimate of drug-likeness (QED) is 0.345. The number of hydrogen-bond donors (Lipinski definition) is 4. The molecule has 110 valence electrons. The van der Waals surface area contributed by atoms with Gasteiger partial charge in [0.25, 0.3) is 0 Å². The van der Waals surface area contributed by atoms with Crippen molar-refractivity contribution in [1.82, 2.24) is 10.2 Å². The van der Waals surface area contributed by atoms with Crippen LogP contribution in [0.4, 0.5) is 0 Å². The standard InChI is InChI=1S/C6H11NO4.C4H8N2O2/c1-2-7(3-5(8)9)4-6(10)11;5-4(2-7)1-6-3-8/h2-4H2,1H3,(H,8,9)(H,10,11);2-4H,1,5H2,(H,6,8). The molecule has 1 amide bonds. The number of nitrogens with two attached hydrogens (primary N) is 1. The molecule has 0 aliphatic carbocycles. The van der Waals surface area contributed by atoms with Crippen molar-refractivity contribution in [3.8, 4) is 0 Å². The summed E-state index contributed by atoms with van der Waals surface area (Å²) in [4.78, 5) is 40.8. The first-order chi connectivity index (χ1) is 8.87. The SMILES string of the molecule is CCN(CC(=O)O)CC(=O)O.NC(C=O)CNC=O. The number of carboxylic acids is 2. The van der Waals surface area contributed by atoms with E-state index in [0.717, 1.165) is 0 Å². The summed E-state index contributed by atoms with van der Waals surface area (Å²) in [6, 6.07) is -0.569. The molecule has 0 saturated carbocycles. The average Bonchev–Trinajstić information content (AvgIpc) is 2.34. The van der Waals surface area contributed by atoms with Gasteiger partial charge in [0.05, 0.1) is 19.1 Å². The predicted octanol–water partition coefficient (Wildman–Crippen LogP) is -2.26. The monoisotopic (exact) mass is 277 g/mol. The van der Waals surface area contributed by atoms with E-state index in [2.05, 4.69) is 5.32 Å². The maximum atomic E-state index is 10.1. The molecule has 0 aliphatic rings. The number of likely N-dealkylation sites (N-methyl/N-ethyl adjacent to an activating group) is 1. The van der Waals surface area contributed by atoms with Crippen molar-refractivity contribution in [2.45, 2.75) is 13.0 Å². The molecule has 0 aromatic carbocycles. The van der Waals surface area contributed by atoms with Crippen LogP contribution in [0.3, 0.4) is 0 Å². The smallest absolute Gasteiger partial charge is 0.317 e. The minimum Gasteiger partial charge on any atom is -0.480 e. The van der Waals surface area contributed by atoms with Gasteiger partial charge >= 0.3 is 11.9 Å². The summed E-state index contributed by atoms with van der Waals surface area (Å²) in [5, 5.41) is 18.8. The Balaban J connectivity index is 0. The molecule has 0 aromatic rings. The predicted molar refractivity (Wildman–Crippen MR) is 65.5 cm³/mol. The van der Waals surface area contributed by atoms with Crippen molar-refractivity contribution in [3.05, 3.63) is 0 Å². The summed E-state index contributed by atoms with van der Waals surface area (Å²) in [6.07, 6.45) is 1.08. The van der Waals surface area contributed by atoms with E-state index in [1.165, 1.54) is 4.90 Å². The Morgan fingerprint density at radius 1 is 1.26 bits per heavy atom. The van der Waals surface area contributed by atoms with Crippen molar-refractivity contribution >= 4 is 24.6 Å². The lowest BCUT2D eigenvalue weighted by Gasteiger charge is -2.13. The summed E-state index contributed by atoms with van der Waals surface area (Å²) in [5.41, 5.74) is 5.07. The van der Waals surface area contributed by atoms with Crippen LogP contribution < -0.4 is 11.1 Å². The zero-order chi connectivity index (χ0) is 15.3. The largest absolute Gasteiger partial charge is 0.480 e. The van der Waals surface area contributed by atoms with Crippen LogP contribution in [-0.2, 0) is 19.2 Å². The molecule has 0 rings (SSSR count). The van der Waals surface area contributed by atoms with E-state index in [9.17, 15) is 19.2 Å². The number of amides is 1. The van der Waals surface area contributed by atoms with E-state index in [0.29, 0.717) is 19.2 Å². The highest BCUT2D eigenvalue weighted by atomic mass is 16.4. The Kier molecular flexibility index (Phi) is 12.7. The van der Waals surface area contributed by atoms with E-state index < -0.39 is 18.0 Å². The lowest BCUT2D eigenvalue weighted by atomic mass is 10.4. The molecule has 0 heterocycles. The molecule has 9 heteroatoms. The fourth-order valence-electron chi connectivity index (χ4n) is 0.894. The number of rotatable bonds is 9. The number of hydrogen-bond acceptors (Lipinski definition) is 6. The molecule has 9 nitrogen and oxygen atoms in total. The van der Waals surface area contributed by atoms with Gasteiger partial charge in [-0.05, 0) is 6.54 Å². The Morgan fingerprint density at radius 3 is 2.00 bits per heavy atom.